The average molecular weight is 142 g/mol. The van der Waals surface area contributed by atoms with Gasteiger partial charge in [0, 0.05) is 11.8 Å². The first kappa shape index (κ1) is 5.73. The Bertz CT molecular complexity index is 260. The van der Waals surface area contributed by atoms with Crippen molar-refractivity contribution in [3.63, 3.8) is 0 Å². The van der Waals surface area contributed by atoms with Crippen LogP contribution in [0, 0.1) is 60.2 Å². The standard InChI is InChI=1S/C11H10/c1-3-6-8-5-9-10(6)11(9)7(8)4-2/h1-2,6-11H,5H2. The van der Waals surface area contributed by atoms with E-state index in [9.17, 15) is 0 Å². The minimum absolute atomic E-state index is 0.547. The van der Waals surface area contributed by atoms with Crippen molar-refractivity contribution in [2.75, 3.05) is 0 Å². The van der Waals surface area contributed by atoms with Crippen molar-refractivity contribution >= 4 is 0 Å². The molecular weight excluding hydrogens is 132 g/mol. The van der Waals surface area contributed by atoms with Crippen LogP contribution in [0.4, 0.5) is 0 Å². The predicted octanol–water partition coefficient (Wildman–Crippen LogP) is 1.38. The molecule has 0 radical (unpaired) electrons. The van der Waals surface area contributed by atoms with E-state index in [0.717, 1.165) is 17.8 Å². The Kier molecular flexibility index (Phi) is 0.774. The molecule has 4 unspecified atom stereocenters. The topological polar surface area (TPSA) is 0 Å². The van der Waals surface area contributed by atoms with Gasteiger partial charge < -0.3 is 0 Å². The summed E-state index contributed by atoms with van der Waals surface area (Å²) in [5.41, 5.74) is 0. The molecule has 0 amide bonds. The Balaban J connectivity index is 2.02. The first-order valence-corrected chi connectivity index (χ1v) is 4.30. The summed E-state index contributed by atoms with van der Waals surface area (Å²) in [4.78, 5) is 0. The van der Waals surface area contributed by atoms with Gasteiger partial charge in [-0.2, -0.15) is 0 Å². The van der Waals surface area contributed by atoms with Crippen LogP contribution in [-0.2, 0) is 0 Å². The van der Waals surface area contributed by atoms with Crippen LogP contribution in [0.2, 0.25) is 0 Å². The second-order valence-electron chi connectivity index (χ2n) is 4.10. The van der Waals surface area contributed by atoms with Gasteiger partial charge in [0.15, 0.2) is 0 Å². The lowest BCUT2D eigenvalue weighted by molar-refractivity contribution is 0.456. The largest absolute Gasteiger partial charge is 0.120 e. The van der Waals surface area contributed by atoms with Gasteiger partial charge in [0.1, 0.15) is 0 Å². The fraction of sp³-hybridized carbons (Fsp3) is 0.636. The lowest BCUT2D eigenvalue weighted by atomic mass is 9.92. The van der Waals surface area contributed by atoms with Gasteiger partial charge in [0.2, 0.25) is 0 Å². The van der Waals surface area contributed by atoms with E-state index in [4.69, 9.17) is 12.8 Å². The minimum Gasteiger partial charge on any atom is -0.120 e. The zero-order valence-electron chi connectivity index (χ0n) is 6.33. The maximum atomic E-state index is 5.47. The highest BCUT2D eigenvalue weighted by molar-refractivity contribution is 5.30. The molecule has 4 aliphatic carbocycles. The summed E-state index contributed by atoms with van der Waals surface area (Å²) >= 11 is 0. The van der Waals surface area contributed by atoms with Gasteiger partial charge in [-0.1, -0.05) is 0 Å². The summed E-state index contributed by atoms with van der Waals surface area (Å²) in [7, 11) is 0. The monoisotopic (exact) mass is 142 g/mol. The molecule has 0 aromatic rings. The van der Waals surface area contributed by atoms with Crippen LogP contribution in [-0.4, -0.2) is 0 Å². The van der Waals surface area contributed by atoms with E-state index in [1.54, 1.807) is 0 Å². The molecule has 0 aromatic carbocycles. The van der Waals surface area contributed by atoms with E-state index in [-0.39, 0.29) is 0 Å². The third kappa shape index (κ3) is 0.421. The molecule has 54 valence electrons. The normalized spacial score (nSPS) is 62.0. The van der Waals surface area contributed by atoms with Crippen LogP contribution >= 0.6 is 0 Å². The fourth-order valence-electron chi connectivity index (χ4n) is 3.63. The zero-order valence-corrected chi connectivity index (χ0v) is 6.33. The number of hydrogen-bond acceptors (Lipinski definition) is 0. The molecule has 4 aliphatic rings. The number of hydrogen-bond donors (Lipinski definition) is 0. The third-order valence-corrected chi connectivity index (χ3v) is 3.97. The molecule has 4 fully saturated rings. The smallest absolute Gasteiger partial charge is 0.0274 e. The van der Waals surface area contributed by atoms with E-state index < -0.39 is 0 Å². The predicted molar refractivity (Wildman–Crippen MR) is 43.2 cm³/mol. The second-order valence-corrected chi connectivity index (χ2v) is 4.10. The molecular formula is C11H10. The molecule has 4 saturated carbocycles. The molecule has 0 aromatic heterocycles. The summed E-state index contributed by atoms with van der Waals surface area (Å²) in [6.07, 6.45) is 12.3. The molecule has 0 saturated heterocycles. The molecule has 4 bridgehead atoms. The summed E-state index contributed by atoms with van der Waals surface area (Å²) in [6, 6.07) is 0. The van der Waals surface area contributed by atoms with Crippen LogP contribution in [0.25, 0.3) is 0 Å². The molecule has 0 spiro atoms. The number of rotatable bonds is 0. The van der Waals surface area contributed by atoms with Gasteiger partial charge >= 0.3 is 0 Å². The molecule has 4 rings (SSSR count). The van der Waals surface area contributed by atoms with Crippen LogP contribution < -0.4 is 0 Å². The highest BCUT2D eigenvalue weighted by Gasteiger charge is 2.72. The molecule has 0 N–H and O–H groups in total. The Labute approximate surface area is 67.4 Å². The molecule has 0 heterocycles. The van der Waals surface area contributed by atoms with Gasteiger partial charge in [-0.15, -0.1) is 24.7 Å². The molecule has 0 nitrogen and oxygen atoms in total. The summed E-state index contributed by atoms with van der Waals surface area (Å²) in [5, 5.41) is 0. The van der Waals surface area contributed by atoms with E-state index >= 15 is 0 Å². The zero-order chi connectivity index (χ0) is 7.59. The highest BCUT2D eigenvalue weighted by Crippen LogP contribution is 2.75. The van der Waals surface area contributed by atoms with Gasteiger partial charge in [-0.25, -0.2) is 0 Å². The fourth-order valence-corrected chi connectivity index (χ4v) is 3.63. The molecule has 0 aliphatic heterocycles. The first-order chi connectivity index (χ1) is 5.38. The van der Waals surface area contributed by atoms with Crippen LogP contribution in [0.1, 0.15) is 6.42 Å². The maximum Gasteiger partial charge on any atom is 0.0274 e. The summed E-state index contributed by atoms with van der Waals surface area (Å²) < 4.78 is 0. The Hall–Kier alpha value is -0.880. The Morgan fingerprint density at radius 2 is 1.45 bits per heavy atom. The van der Waals surface area contributed by atoms with Crippen LogP contribution in [0.5, 0.6) is 0 Å². The van der Waals surface area contributed by atoms with Gasteiger partial charge in [-0.05, 0) is 30.1 Å². The van der Waals surface area contributed by atoms with Gasteiger partial charge in [-0.3, -0.25) is 0 Å². The molecule has 11 heavy (non-hydrogen) atoms. The quantitative estimate of drug-likeness (QED) is 0.448. The first-order valence-electron chi connectivity index (χ1n) is 4.30. The lowest BCUT2D eigenvalue weighted by Crippen LogP contribution is -2.08. The minimum atomic E-state index is 0.547. The van der Waals surface area contributed by atoms with Gasteiger partial charge in [0.25, 0.3) is 0 Å². The van der Waals surface area contributed by atoms with E-state index in [1.807, 2.05) is 0 Å². The van der Waals surface area contributed by atoms with E-state index in [2.05, 4.69) is 11.8 Å². The summed E-state index contributed by atoms with van der Waals surface area (Å²) in [6.45, 7) is 0. The average Bonchev–Trinajstić information content (AvgIpc) is 2.49. The van der Waals surface area contributed by atoms with Crippen molar-refractivity contribution in [2.45, 2.75) is 6.42 Å². The van der Waals surface area contributed by atoms with E-state index in [1.165, 1.54) is 6.42 Å². The van der Waals surface area contributed by atoms with Crippen LogP contribution in [0.15, 0.2) is 0 Å². The number of terminal acetylenes is 2. The molecule has 0 heteroatoms. The maximum absolute atomic E-state index is 5.47. The van der Waals surface area contributed by atoms with Gasteiger partial charge in [0.05, 0.1) is 0 Å². The Morgan fingerprint density at radius 1 is 0.909 bits per heavy atom. The van der Waals surface area contributed by atoms with Crippen LogP contribution in [0.3, 0.4) is 0 Å². The SMILES string of the molecule is C#CC1C2CC3C1C3C2C#C. The van der Waals surface area contributed by atoms with Crippen molar-refractivity contribution in [3.05, 3.63) is 0 Å². The van der Waals surface area contributed by atoms with E-state index in [0.29, 0.717) is 17.8 Å². The van der Waals surface area contributed by atoms with Crippen molar-refractivity contribution in [2.24, 2.45) is 35.5 Å². The lowest BCUT2D eigenvalue weighted by Gasteiger charge is -2.10. The van der Waals surface area contributed by atoms with Crippen molar-refractivity contribution < 1.29 is 0 Å². The second kappa shape index (κ2) is 1.49. The van der Waals surface area contributed by atoms with Crippen molar-refractivity contribution in [1.82, 2.24) is 0 Å². The van der Waals surface area contributed by atoms with Crippen molar-refractivity contribution in [3.8, 4) is 24.7 Å². The summed E-state index contributed by atoms with van der Waals surface area (Å²) in [5.74, 6) is 10.2. The molecule has 4 atom stereocenters. The van der Waals surface area contributed by atoms with Crippen molar-refractivity contribution in [1.29, 1.82) is 0 Å². The third-order valence-electron chi connectivity index (χ3n) is 3.97. The highest BCUT2D eigenvalue weighted by atomic mass is 14.7. The Morgan fingerprint density at radius 3 is 1.73 bits per heavy atom.